The molecule has 0 saturated heterocycles. The highest BCUT2D eigenvalue weighted by molar-refractivity contribution is 6.30. The molecule has 12 heteroatoms. The van der Waals surface area contributed by atoms with Crippen LogP contribution >= 0.6 is 11.6 Å². The molecule has 0 aromatic heterocycles. The van der Waals surface area contributed by atoms with Crippen LogP contribution in [0.2, 0.25) is 5.02 Å². The number of aryl methyl sites for hydroxylation is 1. The smallest absolute Gasteiger partial charge is 0.430 e. The summed E-state index contributed by atoms with van der Waals surface area (Å²) in [6, 6.07) is 2.76. The third kappa shape index (κ3) is 5.26. The molecule has 2 rings (SSSR count). The largest absolute Gasteiger partial charge is 0.475 e. The lowest BCUT2D eigenvalue weighted by atomic mass is 9.99. The van der Waals surface area contributed by atoms with Crippen LogP contribution in [-0.4, -0.2) is 49.8 Å². The molecular formula is C16H15ClF3NO7. The zero-order valence-electron chi connectivity index (χ0n) is 14.6. The zero-order chi connectivity index (χ0) is 21.1. The number of carbonyl (C=O) groups excluding carboxylic acids is 1. The molecule has 0 bridgehead atoms. The lowest BCUT2D eigenvalue weighted by molar-refractivity contribution is -0.759. The molecule has 1 heterocycles. The number of carbonyl (C=O) groups is 1. The highest BCUT2D eigenvalue weighted by Crippen LogP contribution is 2.40. The van der Waals surface area contributed by atoms with Crippen molar-refractivity contribution in [2.24, 2.45) is 0 Å². The van der Waals surface area contributed by atoms with Gasteiger partial charge in [0.05, 0.1) is 12.2 Å². The van der Waals surface area contributed by atoms with Gasteiger partial charge < -0.3 is 19.0 Å². The maximum Gasteiger partial charge on any atom is 0.430 e. The molecule has 8 nitrogen and oxygen atoms in total. The number of halogens is 4. The SMILES string of the molecule is COCC(CO[N+](=O)[O-])OC(=O)C1=Cc2cc(Cl)cc(C)c2O[C@@H]1C(F)(F)F. The van der Waals surface area contributed by atoms with Gasteiger partial charge in [0.25, 0.3) is 5.09 Å². The van der Waals surface area contributed by atoms with Crippen molar-refractivity contribution in [2.75, 3.05) is 20.3 Å². The van der Waals surface area contributed by atoms with Gasteiger partial charge >= 0.3 is 12.1 Å². The first-order valence-corrected chi connectivity index (χ1v) is 8.13. The predicted molar refractivity (Wildman–Crippen MR) is 89.3 cm³/mol. The van der Waals surface area contributed by atoms with Gasteiger partial charge in [0, 0.05) is 17.7 Å². The Morgan fingerprint density at radius 1 is 1.39 bits per heavy atom. The number of benzene rings is 1. The minimum Gasteiger partial charge on any atom is -0.475 e. The molecule has 0 aliphatic carbocycles. The van der Waals surface area contributed by atoms with Gasteiger partial charge in [-0.1, -0.05) is 11.6 Å². The van der Waals surface area contributed by atoms with Crippen molar-refractivity contribution < 1.29 is 42.1 Å². The predicted octanol–water partition coefficient (Wildman–Crippen LogP) is 3.12. The Bertz CT molecular complexity index is 797. The fourth-order valence-corrected chi connectivity index (χ4v) is 2.80. The molecule has 1 aromatic rings. The van der Waals surface area contributed by atoms with Gasteiger partial charge in [-0.2, -0.15) is 13.2 Å². The van der Waals surface area contributed by atoms with Crippen LogP contribution in [0.15, 0.2) is 17.7 Å². The summed E-state index contributed by atoms with van der Waals surface area (Å²) in [5, 5.41) is 9.41. The average molecular weight is 426 g/mol. The molecule has 2 atom stereocenters. The van der Waals surface area contributed by atoms with Crippen molar-refractivity contribution >= 4 is 23.6 Å². The zero-order valence-corrected chi connectivity index (χ0v) is 15.4. The van der Waals surface area contributed by atoms with Gasteiger partial charge in [0.2, 0.25) is 6.10 Å². The van der Waals surface area contributed by atoms with Crippen LogP contribution in [0.3, 0.4) is 0 Å². The summed E-state index contributed by atoms with van der Waals surface area (Å²) in [4.78, 5) is 26.8. The molecule has 0 N–H and O–H groups in total. The van der Waals surface area contributed by atoms with Crippen molar-refractivity contribution in [1.29, 1.82) is 0 Å². The van der Waals surface area contributed by atoms with E-state index in [2.05, 4.69) is 4.84 Å². The van der Waals surface area contributed by atoms with Crippen LogP contribution in [0.25, 0.3) is 6.08 Å². The fourth-order valence-electron chi connectivity index (χ4n) is 2.52. The quantitative estimate of drug-likeness (QED) is 0.376. The van der Waals surface area contributed by atoms with Crippen molar-refractivity contribution in [3.8, 4) is 5.75 Å². The Morgan fingerprint density at radius 3 is 2.64 bits per heavy atom. The van der Waals surface area contributed by atoms with Crippen molar-refractivity contribution in [1.82, 2.24) is 0 Å². The van der Waals surface area contributed by atoms with Gasteiger partial charge in [-0.25, -0.2) is 4.79 Å². The van der Waals surface area contributed by atoms with E-state index >= 15 is 0 Å². The molecule has 28 heavy (non-hydrogen) atoms. The summed E-state index contributed by atoms with van der Waals surface area (Å²) in [5.74, 6) is -1.44. The molecule has 0 spiro atoms. The van der Waals surface area contributed by atoms with E-state index in [0.29, 0.717) is 5.56 Å². The highest BCUT2D eigenvalue weighted by atomic mass is 35.5. The fraction of sp³-hybridized carbons (Fsp3) is 0.438. The van der Waals surface area contributed by atoms with Crippen LogP contribution in [0, 0.1) is 17.0 Å². The van der Waals surface area contributed by atoms with Gasteiger partial charge in [-0.15, -0.1) is 10.1 Å². The van der Waals surface area contributed by atoms with Crippen LogP contribution in [0.4, 0.5) is 13.2 Å². The first kappa shape index (κ1) is 21.8. The number of fused-ring (bicyclic) bond motifs is 1. The van der Waals surface area contributed by atoms with E-state index in [1.54, 1.807) is 0 Å². The molecule has 0 amide bonds. The maximum atomic E-state index is 13.5. The third-order valence-corrected chi connectivity index (χ3v) is 3.84. The van der Waals surface area contributed by atoms with Crippen LogP contribution in [0.5, 0.6) is 5.75 Å². The Morgan fingerprint density at radius 2 is 2.07 bits per heavy atom. The second-order valence-corrected chi connectivity index (χ2v) is 6.22. The van der Waals surface area contributed by atoms with Crippen LogP contribution < -0.4 is 4.74 Å². The Hall–Kier alpha value is -2.53. The first-order chi connectivity index (χ1) is 13.0. The number of nitrogens with zero attached hydrogens (tertiary/aromatic N) is 1. The molecule has 1 aromatic carbocycles. The summed E-state index contributed by atoms with van der Waals surface area (Å²) >= 11 is 5.91. The number of alkyl halides is 3. The molecule has 1 aliphatic heterocycles. The minimum atomic E-state index is -4.91. The van der Waals surface area contributed by atoms with E-state index in [0.717, 1.165) is 6.08 Å². The van der Waals surface area contributed by atoms with Crippen LogP contribution in [-0.2, 0) is 19.1 Å². The van der Waals surface area contributed by atoms with Crippen LogP contribution in [0.1, 0.15) is 11.1 Å². The number of rotatable bonds is 7. The molecule has 1 unspecified atom stereocenters. The molecule has 0 fully saturated rings. The van der Waals surface area contributed by atoms with E-state index < -0.39 is 41.6 Å². The highest BCUT2D eigenvalue weighted by Gasteiger charge is 2.49. The Kier molecular flexibility index (Phi) is 6.73. The average Bonchev–Trinajstić information content (AvgIpc) is 2.57. The number of hydrogen-bond donors (Lipinski definition) is 0. The van der Waals surface area contributed by atoms with E-state index in [9.17, 15) is 28.1 Å². The molecule has 154 valence electrons. The van der Waals surface area contributed by atoms with Crippen molar-refractivity contribution in [3.63, 3.8) is 0 Å². The second kappa shape index (κ2) is 8.65. The number of ether oxygens (including phenoxy) is 3. The maximum absolute atomic E-state index is 13.5. The molecular weight excluding hydrogens is 411 g/mol. The summed E-state index contributed by atoms with van der Waals surface area (Å²) in [6.45, 7) is 0.476. The Balaban J connectivity index is 2.35. The van der Waals surface area contributed by atoms with Gasteiger partial charge in [0.1, 0.15) is 18.5 Å². The molecule has 0 radical (unpaired) electrons. The normalized spacial score (nSPS) is 17.1. The summed E-state index contributed by atoms with van der Waals surface area (Å²) in [6.07, 6.45) is -7.83. The molecule has 0 saturated carbocycles. The Labute approximate surface area is 161 Å². The summed E-state index contributed by atoms with van der Waals surface area (Å²) < 4.78 is 55.0. The van der Waals surface area contributed by atoms with Gasteiger partial charge in [-0.05, 0) is 30.7 Å². The van der Waals surface area contributed by atoms with Gasteiger partial charge in [0.15, 0.2) is 0 Å². The minimum absolute atomic E-state index is 0.0617. The van der Waals surface area contributed by atoms with Crippen molar-refractivity contribution in [3.05, 3.63) is 44.0 Å². The van der Waals surface area contributed by atoms with E-state index in [-0.39, 0.29) is 22.9 Å². The lowest BCUT2D eigenvalue weighted by Gasteiger charge is -2.29. The van der Waals surface area contributed by atoms with Gasteiger partial charge in [-0.3, -0.25) is 0 Å². The first-order valence-electron chi connectivity index (χ1n) is 7.75. The topological polar surface area (TPSA) is 97.1 Å². The monoisotopic (exact) mass is 425 g/mol. The number of hydrogen-bond acceptors (Lipinski definition) is 7. The number of methoxy groups -OCH3 is 1. The third-order valence-electron chi connectivity index (χ3n) is 3.62. The lowest BCUT2D eigenvalue weighted by Crippen LogP contribution is -2.42. The summed E-state index contributed by atoms with van der Waals surface area (Å²) in [5.41, 5.74) is -0.303. The van der Waals surface area contributed by atoms with E-state index in [1.165, 1.54) is 26.2 Å². The standard InChI is InChI=1S/C16H15ClF3NO7/c1-8-3-10(17)4-9-5-12(14(16(18,19)20)28-13(8)9)15(22)27-11(6-25-2)7-26-21(23)24/h3-5,11,14H,6-7H2,1-2H3/t11?,14-/m0/s1. The second-order valence-electron chi connectivity index (χ2n) is 5.78. The van der Waals surface area contributed by atoms with E-state index in [4.69, 9.17) is 25.8 Å². The molecule has 1 aliphatic rings. The summed E-state index contributed by atoms with van der Waals surface area (Å²) in [7, 11) is 1.22. The van der Waals surface area contributed by atoms with E-state index in [1.807, 2.05) is 0 Å². The number of esters is 1. The van der Waals surface area contributed by atoms with Crippen molar-refractivity contribution in [2.45, 2.75) is 25.3 Å².